The van der Waals surface area contributed by atoms with Crippen LogP contribution in [0.1, 0.15) is 44.6 Å². The van der Waals surface area contributed by atoms with E-state index in [9.17, 15) is 29.3 Å². The van der Waals surface area contributed by atoms with Gasteiger partial charge in [0.1, 0.15) is 0 Å². The van der Waals surface area contributed by atoms with Gasteiger partial charge in [0.15, 0.2) is 0 Å². The van der Waals surface area contributed by atoms with Crippen molar-refractivity contribution in [1.29, 1.82) is 0 Å². The lowest BCUT2D eigenvalue weighted by Gasteiger charge is -2.39. The molecule has 1 N–H and O–H groups in total. The third kappa shape index (κ3) is 4.37. The summed E-state index contributed by atoms with van der Waals surface area (Å²) in [7, 11) is 2.49. The lowest BCUT2D eigenvalue weighted by atomic mass is 9.76. The number of nitrogens with zero attached hydrogens (tertiary/aromatic N) is 3. The first-order valence-corrected chi connectivity index (χ1v) is 11.8. The average Bonchev–Trinajstić information content (AvgIpc) is 3.11. The number of methoxy groups -OCH3 is 1. The monoisotopic (exact) mass is 512 g/mol. The fourth-order valence-electron chi connectivity index (χ4n) is 5.46. The number of hydrogen-bond donors (Lipinski definition) is 1. The summed E-state index contributed by atoms with van der Waals surface area (Å²) in [4.78, 5) is 69.2. The number of amides is 3. The lowest BCUT2D eigenvalue weighted by molar-refractivity contribution is -0.384. The molecule has 3 aliphatic rings. The van der Waals surface area contributed by atoms with Gasteiger partial charge in [0.2, 0.25) is 0 Å². The van der Waals surface area contributed by atoms with E-state index in [-0.39, 0.29) is 55.1 Å². The van der Waals surface area contributed by atoms with Crippen LogP contribution >= 0.6 is 0 Å². The van der Waals surface area contributed by atoms with Gasteiger partial charge in [0, 0.05) is 48.6 Å². The van der Waals surface area contributed by atoms with Crippen molar-refractivity contribution in [3.8, 4) is 0 Å². The molecule has 3 amide bonds. The predicted octanol–water partition coefficient (Wildman–Crippen LogP) is 1.93. The lowest BCUT2D eigenvalue weighted by Crippen LogP contribution is -2.48. The topological polar surface area (TPSA) is 148 Å². The van der Waals surface area contributed by atoms with Gasteiger partial charge in [-0.2, -0.15) is 5.06 Å². The Kier molecular flexibility index (Phi) is 6.87. The maximum atomic E-state index is 13.9. The number of allylic oxidation sites excluding steroid dienone is 2. The van der Waals surface area contributed by atoms with Crippen LogP contribution in [0.15, 0.2) is 46.8 Å². The van der Waals surface area contributed by atoms with E-state index >= 15 is 0 Å². The zero-order valence-electron chi connectivity index (χ0n) is 21.0. The van der Waals surface area contributed by atoms with Crippen molar-refractivity contribution in [2.24, 2.45) is 5.41 Å². The zero-order chi connectivity index (χ0) is 27.1. The molecule has 2 saturated heterocycles. The number of nitro benzene ring substituents is 1. The molecule has 0 bridgehead atoms. The van der Waals surface area contributed by atoms with Crippen LogP contribution in [0.2, 0.25) is 0 Å². The largest absolute Gasteiger partial charge is 0.466 e. The molecular weight excluding hydrogens is 484 g/mol. The number of carbonyl (C=O) groups is 4. The number of hydrogen-bond acceptors (Lipinski definition) is 9. The number of benzene rings is 1. The van der Waals surface area contributed by atoms with Gasteiger partial charge >= 0.3 is 5.97 Å². The molecule has 3 heterocycles. The van der Waals surface area contributed by atoms with Crippen LogP contribution in [-0.4, -0.2) is 65.9 Å². The Morgan fingerprint density at radius 3 is 2.32 bits per heavy atom. The Labute approximate surface area is 213 Å². The van der Waals surface area contributed by atoms with Gasteiger partial charge in [-0.1, -0.05) is 12.1 Å². The number of dihydropyridines is 1. The minimum absolute atomic E-state index is 0.0235. The minimum Gasteiger partial charge on any atom is -0.466 e. The Balaban J connectivity index is 1.68. The van der Waals surface area contributed by atoms with Crippen molar-refractivity contribution >= 4 is 29.4 Å². The van der Waals surface area contributed by atoms with Crippen molar-refractivity contribution < 1.29 is 33.7 Å². The predicted molar refractivity (Wildman–Crippen MR) is 128 cm³/mol. The number of esters is 1. The third-order valence-electron chi connectivity index (χ3n) is 7.36. The van der Waals surface area contributed by atoms with Crippen LogP contribution in [0, 0.1) is 15.5 Å². The van der Waals surface area contributed by atoms with E-state index in [1.165, 1.54) is 32.4 Å². The molecule has 1 spiro atoms. The molecule has 0 aliphatic carbocycles. The summed E-state index contributed by atoms with van der Waals surface area (Å²) in [5.41, 5.74) is 0.737. The van der Waals surface area contributed by atoms with Crippen molar-refractivity contribution in [3.63, 3.8) is 0 Å². The van der Waals surface area contributed by atoms with Crippen molar-refractivity contribution in [2.75, 3.05) is 27.3 Å². The highest BCUT2D eigenvalue weighted by Crippen LogP contribution is 2.44. The van der Waals surface area contributed by atoms with E-state index in [0.29, 0.717) is 17.0 Å². The number of likely N-dealkylation sites (tertiary alicyclic amines) is 1. The SMILES string of the molecule is COC(=O)C1=C(C)NC(C)=C(C(=O)N2CCC3(CC2)CC(=O)N(OC)C3=O)C1c1cccc([N+](=O)[O-])c1. The van der Waals surface area contributed by atoms with E-state index in [4.69, 9.17) is 9.57 Å². The molecule has 0 radical (unpaired) electrons. The van der Waals surface area contributed by atoms with Gasteiger partial charge < -0.3 is 15.0 Å². The van der Waals surface area contributed by atoms with Gasteiger partial charge in [0.25, 0.3) is 23.4 Å². The molecule has 0 aromatic heterocycles. The molecule has 0 saturated carbocycles. The summed E-state index contributed by atoms with van der Waals surface area (Å²) < 4.78 is 5.00. The number of non-ortho nitro benzene ring substituents is 1. The van der Waals surface area contributed by atoms with Gasteiger partial charge in [-0.25, -0.2) is 4.79 Å². The summed E-state index contributed by atoms with van der Waals surface area (Å²) in [5, 5.41) is 15.3. The molecule has 1 unspecified atom stereocenters. The molecule has 1 aromatic carbocycles. The van der Waals surface area contributed by atoms with Crippen LogP contribution < -0.4 is 5.32 Å². The molecule has 1 atom stereocenters. The average molecular weight is 513 g/mol. The molecule has 12 nitrogen and oxygen atoms in total. The van der Waals surface area contributed by atoms with Gasteiger partial charge in [-0.05, 0) is 32.3 Å². The highest BCUT2D eigenvalue weighted by atomic mass is 16.7. The van der Waals surface area contributed by atoms with Crippen LogP contribution in [0.5, 0.6) is 0 Å². The summed E-state index contributed by atoms with van der Waals surface area (Å²) >= 11 is 0. The fraction of sp³-hybridized carbons (Fsp3) is 0.440. The number of piperidine rings is 1. The Bertz CT molecular complexity index is 1260. The van der Waals surface area contributed by atoms with Crippen molar-refractivity contribution in [2.45, 2.75) is 39.0 Å². The summed E-state index contributed by atoms with van der Waals surface area (Å²) in [6.07, 6.45) is 0.585. The Morgan fingerprint density at radius 2 is 1.76 bits per heavy atom. The fourth-order valence-corrected chi connectivity index (χ4v) is 5.46. The second kappa shape index (κ2) is 9.77. The van der Waals surface area contributed by atoms with Crippen LogP contribution in [0.25, 0.3) is 0 Å². The zero-order valence-corrected chi connectivity index (χ0v) is 21.0. The quantitative estimate of drug-likeness (QED) is 0.270. The second-order valence-corrected chi connectivity index (χ2v) is 9.40. The first-order valence-electron chi connectivity index (χ1n) is 11.8. The molecule has 12 heteroatoms. The summed E-state index contributed by atoms with van der Waals surface area (Å²) in [6, 6.07) is 5.82. The maximum Gasteiger partial charge on any atom is 0.336 e. The van der Waals surface area contributed by atoms with Gasteiger partial charge in [-0.15, -0.1) is 0 Å². The highest BCUT2D eigenvalue weighted by Gasteiger charge is 2.54. The standard InChI is InChI=1S/C25H28N4O8/c1-14-19(22(31)27-10-8-25(9-11-27)13-18(30)28(37-4)24(25)33)21(20(15(2)26-14)23(32)36-3)16-6-5-7-17(12-16)29(34)35/h5-7,12,21,26H,8-11,13H2,1-4H3. The van der Waals surface area contributed by atoms with Gasteiger partial charge in [0.05, 0.1) is 36.0 Å². The number of nitrogens with one attached hydrogen (secondary N) is 1. The number of carbonyl (C=O) groups excluding carboxylic acids is 4. The van der Waals surface area contributed by atoms with E-state index in [0.717, 1.165) is 5.06 Å². The van der Waals surface area contributed by atoms with E-state index in [2.05, 4.69) is 5.32 Å². The summed E-state index contributed by atoms with van der Waals surface area (Å²) in [6.45, 7) is 3.81. The van der Waals surface area contributed by atoms with E-state index in [1.807, 2.05) is 0 Å². The number of imide groups is 1. The molecule has 1 aromatic rings. The maximum absolute atomic E-state index is 13.9. The number of ether oxygens (including phenoxy) is 1. The number of nitro groups is 1. The summed E-state index contributed by atoms with van der Waals surface area (Å²) in [5.74, 6) is -2.74. The normalized spacial score (nSPS) is 21.5. The molecular formula is C25H28N4O8. The molecule has 3 aliphatic heterocycles. The van der Waals surface area contributed by atoms with Crippen LogP contribution in [-0.2, 0) is 28.8 Å². The Hall–Kier alpha value is -4.06. The second-order valence-electron chi connectivity index (χ2n) is 9.40. The van der Waals surface area contributed by atoms with E-state index < -0.39 is 34.0 Å². The first-order chi connectivity index (χ1) is 17.5. The molecule has 2 fully saturated rings. The third-order valence-corrected chi connectivity index (χ3v) is 7.36. The van der Waals surface area contributed by atoms with Crippen molar-refractivity contribution in [3.05, 3.63) is 62.5 Å². The van der Waals surface area contributed by atoms with Crippen molar-refractivity contribution in [1.82, 2.24) is 15.3 Å². The Morgan fingerprint density at radius 1 is 1.11 bits per heavy atom. The van der Waals surface area contributed by atoms with Crippen LogP contribution in [0.3, 0.4) is 0 Å². The number of rotatable bonds is 5. The first kappa shape index (κ1) is 26.0. The minimum atomic E-state index is -0.911. The van der Waals surface area contributed by atoms with Gasteiger partial charge in [-0.3, -0.25) is 29.3 Å². The van der Waals surface area contributed by atoms with Crippen LogP contribution in [0.4, 0.5) is 5.69 Å². The molecule has 37 heavy (non-hydrogen) atoms. The highest BCUT2D eigenvalue weighted by molar-refractivity contribution is 6.05. The number of hydroxylamine groups is 2. The smallest absolute Gasteiger partial charge is 0.336 e. The molecule has 4 rings (SSSR count). The van der Waals surface area contributed by atoms with E-state index in [1.54, 1.807) is 24.8 Å². The molecule has 196 valence electrons.